The van der Waals surface area contributed by atoms with E-state index in [0.717, 1.165) is 29.8 Å². The molecule has 170 valence electrons. The molecule has 0 aliphatic heterocycles. The molecule has 32 heavy (non-hydrogen) atoms. The number of alkyl halides is 3. The molecule has 1 amide bonds. The van der Waals surface area contributed by atoms with E-state index in [-0.39, 0.29) is 18.3 Å². The molecule has 7 nitrogen and oxygen atoms in total. The molecule has 1 atom stereocenters. The smallest absolute Gasteiger partial charge is 0.435 e. The minimum atomic E-state index is -4.92. The van der Waals surface area contributed by atoms with Gasteiger partial charge < -0.3 is 15.0 Å². The second-order valence-electron chi connectivity index (χ2n) is 7.10. The first kappa shape index (κ1) is 23.2. The lowest BCUT2D eigenvalue weighted by Crippen LogP contribution is -2.35. The maximum absolute atomic E-state index is 13.8. The number of hydrogen-bond donors (Lipinski definition) is 1. The molecule has 0 fully saturated rings. The van der Waals surface area contributed by atoms with Gasteiger partial charge in [0.15, 0.2) is 11.4 Å². The van der Waals surface area contributed by atoms with Gasteiger partial charge >= 0.3 is 6.18 Å². The number of halogens is 4. The fourth-order valence-corrected chi connectivity index (χ4v) is 3.24. The first-order valence-electron chi connectivity index (χ1n) is 9.50. The number of nitrogens with one attached hydrogen (secondary N) is 1. The number of ether oxygens (including phenoxy) is 1. The molecule has 3 aromatic rings. The number of rotatable bonds is 7. The summed E-state index contributed by atoms with van der Waals surface area (Å²) in [5.74, 6) is -1.07. The van der Waals surface area contributed by atoms with Crippen LogP contribution in [0.3, 0.4) is 0 Å². The summed E-state index contributed by atoms with van der Waals surface area (Å²) in [6.45, 7) is -0.00703. The van der Waals surface area contributed by atoms with E-state index in [0.29, 0.717) is 10.4 Å². The van der Waals surface area contributed by atoms with E-state index in [4.69, 9.17) is 4.74 Å². The average molecular weight is 451 g/mol. The van der Waals surface area contributed by atoms with Crippen molar-refractivity contribution in [2.45, 2.75) is 12.2 Å². The molecule has 1 heterocycles. The molecule has 0 aliphatic rings. The Balaban J connectivity index is 1.89. The summed E-state index contributed by atoms with van der Waals surface area (Å²) in [5.41, 5.74) is -1.54. The second-order valence-corrected chi connectivity index (χ2v) is 7.10. The lowest BCUT2D eigenvalue weighted by atomic mass is 10.0. The summed E-state index contributed by atoms with van der Waals surface area (Å²) >= 11 is 0. The monoisotopic (exact) mass is 451 g/mol. The van der Waals surface area contributed by atoms with E-state index in [9.17, 15) is 22.4 Å². The van der Waals surface area contributed by atoms with Crippen molar-refractivity contribution in [3.63, 3.8) is 0 Å². The summed E-state index contributed by atoms with van der Waals surface area (Å²) in [4.78, 5) is 14.5. The van der Waals surface area contributed by atoms with Crippen molar-refractivity contribution in [2.24, 2.45) is 0 Å². The molecule has 0 saturated heterocycles. The van der Waals surface area contributed by atoms with Crippen molar-refractivity contribution in [3.05, 3.63) is 71.3 Å². The SMILES string of the molecule is COc1ccccc1C(CNC(=O)c1nnn(-c2ccc(F)cc2)c1C(F)(F)F)N(C)C. The van der Waals surface area contributed by atoms with Crippen LogP contribution in [0.1, 0.15) is 27.8 Å². The number of methoxy groups -OCH3 is 1. The second kappa shape index (κ2) is 9.35. The van der Waals surface area contributed by atoms with Crippen LogP contribution in [0, 0.1) is 5.82 Å². The Morgan fingerprint density at radius 3 is 2.41 bits per heavy atom. The van der Waals surface area contributed by atoms with Crippen molar-refractivity contribution in [1.82, 2.24) is 25.2 Å². The maximum atomic E-state index is 13.8. The quantitative estimate of drug-likeness (QED) is 0.557. The number of carbonyl (C=O) groups excluding carboxylic acids is 1. The molecular formula is C21H21F4N5O2. The van der Waals surface area contributed by atoms with Crippen LogP contribution in [0.2, 0.25) is 0 Å². The van der Waals surface area contributed by atoms with Crippen LogP contribution in [0.4, 0.5) is 17.6 Å². The Kier molecular flexibility index (Phi) is 6.78. The van der Waals surface area contributed by atoms with Crippen LogP contribution in [-0.4, -0.2) is 53.6 Å². The number of carbonyl (C=O) groups is 1. The van der Waals surface area contributed by atoms with Gasteiger partial charge in [-0.1, -0.05) is 23.4 Å². The van der Waals surface area contributed by atoms with Crippen LogP contribution in [0.25, 0.3) is 5.69 Å². The van der Waals surface area contributed by atoms with Gasteiger partial charge in [-0.25, -0.2) is 9.07 Å². The van der Waals surface area contributed by atoms with E-state index in [1.165, 1.54) is 7.11 Å². The summed E-state index contributed by atoms with van der Waals surface area (Å²) in [7, 11) is 5.05. The number of benzene rings is 2. The van der Waals surface area contributed by atoms with Crippen LogP contribution in [0.5, 0.6) is 5.75 Å². The molecule has 2 aromatic carbocycles. The number of nitrogens with zero attached hydrogens (tertiary/aromatic N) is 4. The highest BCUT2D eigenvalue weighted by Gasteiger charge is 2.42. The third kappa shape index (κ3) is 4.88. The minimum absolute atomic E-state index is 0.00703. The van der Waals surface area contributed by atoms with E-state index in [2.05, 4.69) is 15.6 Å². The number of likely N-dealkylation sites (N-methyl/N-ethyl adjacent to an activating group) is 1. The Hall–Kier alpha value is -3.47. The molecule has 1 N–H and O–H groups in total. The zero-order valence-electron chi connectivity index (χ0n) is 17.5. The molecule has 3 rings (SSSR count). The number of amides is 1. The zero-order valence-corrected chi connectivity index (χ0v) is 17.5. The molecular weight excluding hydrogens is 430 g/mol. The van der Waals surface area contributed by atoms with Crippen LogP contribution in [-0.2, 0) is 6.18 Å². The van der Waals surface area contributed by atoms with Crippen LogP contribution >= 0.6 is 0 Å². The molecule has 0 bridgehead atoms. The van der Waals surface area contributed by atoms with Gasteiger partial charge in [0.25, 0.3) is 5.91 Å². The van der Waals surface area contributed by atoms with Crippen LogP contribution in [0.15, 0.2) is 48.5 Å². The minimum Gasteiger partial charge on any atom is -0.496 e. The Morgan fingerprint density at radius 1 is 1.16 bits per heavy atom. The fraction of sp³-hybridized carbons (Fsp3) is 0.286. The van der Waals surface area contributed by atoms with E-state index in [1.54, 1.807) is 37.2 Å². The van der Waals surface area contributed by atoms with Crippen molar-refractivity contribution < 1.29 is 27.1 Å². The predicted molar refractivity (Wildman–Crippen MR) is 108 cm³/mol. The third-order valence-electron chi connectivity index (χ3n) is 4.80. The van der Waals surface area contributed by atoms with Gasteiger partial charge in [0, 0.05) is 12.1 Å². The Morgan fingerprint density at radius 2 is 1.81 bits per heavy atom. The van der Waals surface area contributed by atoms with Gasteiger partial charge in [-0.15, -0.1) is 5.10 Å². The van der Waals surface area contributed by atoms with Gasteiger partial charge in [-0.05, 0) is 44.4 Å². The number of hydrogen-bond acceptors (Lipinski definition) is 5. The highest BCUT2D eigenvalue weighted by molar-refractivity contribution is 5.93. The highest BCUT2D eigenvalue weighted by atomic mass is 19.4. The molecule has 1 unspecified atom stereocenters. The summed E-state index contributed by atoms with van der Waals surface area (Å²) in [5, 5.41) is 9.45. The van der Waals surface area contributed by atoms with Gasteiger partial charge in [0.05, 0.1) is 18.8 Å². The van der Waals surface area contributed by atoms with Gasteiger partial charge in [-0.2, -0.15) is 13.2 Å². The molecule has 1 aromatic heterocycles. The average Bonchev–Trinajstić information content (AvgIpc) is 3.20. The number of para-hydroxylation sites is 1. The molecule has 0 spiro atoms. The Labute approximate surface area is 181 Å². The van der Waals surface area contributed by atoms with Crippen molar-refractivity contribution in [3.8, 4) is 11.4 Å². The lowest BCUT2D eigenvalue weighted by Gasteiger charge is -2.26. The van der Waals surface area contributed by atoms with Gasteiger partial charge in [0.2, 0.25) is 0 Å². The molecule has 0 radical (unpaired) electrons. The zero-order chi connectivity index (χ0) is 23.5. The molecule has 0 aliphatic carbocycles. The lowest BCUT2D eigenvalue weighted by molar-refractivity contribution is -0.143. The first-order chi connectivity index (χ1) is 15.1. The summed E-state index contributed by atoms with van der Waals surface area (Å²) in [6.07, 6.45) is -4.92. The largest absolute Gasteiger partial charge is 0.496 e. The Bertz CT molecular complexity index is 1080. The third-order valence-corrected chi connectivity index (χ3v) is 4.80. The maximum Gasteiger partial charge on any atom is 0.435 e. The van der Waals surface area contributed by atoms with Crippen LogP contribution < -0.4 is 10.1 Å². The topological polar surface area (TPSA) is 72.3 Å². The first-order valence-corrected chi connectivity index (χ1v) is 9.50. The highest BCUT2D eigenvalue weighted by Crippen LogP contribution is 2.33. The molecule has 0 saturated carbocycles. The van der Waals surface area contributed by atoms with Gasteiger partial charge in [-0.3, -0.25) is 4.79 Å². The van der Waals surface area contributed by atoms with E-state index in [1.807, 2.05) is 6.07 Å². The van der Waals surface area contributed by atoms with Crippen molar-refractivity contribution in [1.29, 1.82) is 0 Å². The fourth-order valence-electron chi connectivity index (χ4n) is 3.24. The standard InChI is InChI=1S/C21H21F4N5O2/c1-29(2)16(15-6-4-5-7-17(15)32-3)12-26-20(31)18-19(21(23,24)25)30(28-27-18)14-10-8-13(22)9-11-14/h4-11,16H,12H2,1-3H3,(H,26,31). The number of aromatic nitrogens is 3. The van der Waals surface area contributed by atoms with E-state index < -0.39 is 29.3 Å². The summed E-state index contributed by atoms with van der Waals surface area (Å²) < 4.78 is 60.3. The van der Waals surface area contributed by atoms with Gasteiger partial charge in [0.1, 0.15) is 11.6 Å². The normalized spacial score (nSPS) is 12.6. The summed E-state index contributed by atoms with van der Waals surface area (Å²) in [6, 6.07) is 11.0. The predicted octanol–water partition coefficient (Wildman–Crippen LogP) is 3.47. The van der Waals surface area contributed by atoms with E-state index >= 15 is 0 Å². The van der Waals surface area contributed by atoms with Crippen molar-refractivity contribution >= 4 is 5.91 Å². The molecule has 11 heteroatoms. The van der Waals surface area contributed by atoms with Crippen molar-refractivity contribution in [2.75, 3.05) is 27.7 Å².